The molecular formula is C8H8Cl2N2O. The van der Waals surface area contributed by atoms with Crippen molar-refractivity contribution in [1.82, 2.24) is 4.98 Å². The van der Waals surface area contributed by atoms with Crippen molar-refractivity contribution in [1.29, 1.82) is 0 Å². The first-order valence-electron chi connectivity index (χ1n) is 3.61. The van der Waals surface area contributed by atoms with E-state index < -0.39 is 0 Å². The molecule has 0 saturated heterocycles. The molecule has 0 saturated carbocycles. The van der Waals surface area contributed by atoms with Crippen LogP contribution in [0.3, 0.4) is 0 Å². The van der Waals surface area contributed by atoms with Crippen LogP contribution in [0.1, 0.15) is 5.56 Å². The molecule has 1 aromatic rings. The zero-order valence-corrected chi connectivity index (χ0v) is 8.49. The number of aromatic nitrogens is 1. The van der Waals surface area contributed by atoms with Gasteiger partial charge in [-0.15, -0.1) is 11.6 Å². The van der Waals surface area contributed by atoms with Crippen LogP contribution in [0.5, 0.6) is 0 Å². The molecule has 13 heavy (non-hydrogen) atoms. The molecule has 0 spiro atoms. The number of alkyl halides is 1. The van der Waals surface area contributed by atoms with Crippen LogP contribution in [0.15, 0.2) is 12.3 Å². The lowest BCUT2D eigenvalue weighted by Gasteiger charge is -2.04. The van der Waals surface area contributed by atoms with Crippen LogP contribution >= 0.6 is 23.2 Å². The Hall–Kier alpha value is -0.800. The zero-order chi connectivity index (χ0) is 9.84. The molecule has 3 nitrogen and oxygen atoms in total. The highest BCUT2D eigenvalue weighted by molar-refractivity contribution is 6.33. The third kappa shape index (κ3) is 2.86. The SMILES string of the molecule is Cc1cnc(Cl)c(NC(=O)CCl)c1. The second-order valence-electron chi connectivity index (χ2n) is 2.53. The van der Waals surface area contributed by atoms with E-state index in [1.165, 1.54) is 0 Å². The van der Waals surface area contributed by atoms with Gasteiger partial charge in [0.05, 0.1) is 5.69 Å². The quantitative estimate of drug-likeness (QED) is 0.612. The molecule has 0 aliphatic heterocycles. The Labute approximate surface area is 86.1 Å². The summed E-state index contributed by atoms with van der Waals surface area (Å²) in [6.07, 6.45) is 1.62. The molecule has 1 amide bonds. The molecular weight excluding hydrogens is 211 g/mol. The number of amides is 1. The summed E-state index contributed by atoms with van der Waals surface area (Å²) in [6.45, 7) is 1.86. The van der Waals surface area contributed by atoms with Gasteiger partial charge in [0.1, 0.15) is 5.88 Å². The van der Waals surface area contributed by atoms with Gasteiger partial charge in [-0.1, -0.05) is 11.6 Å². The minimum Gasteiger partial charge on any atom is -0.322 e. The Bertz CT molecular complexity index is 328. The third-order valence-electron chi connectivity index (χ3n) is 1.37. The van der Waals surface area contributed by atoms with Gasteiger partial charge in [0, 0.05) is 6.20 Å². The van der Waals surface area contributed by atoms with Crippen LogP contribution in [0.4, 0.5) is 5.69 Å². The maximum absolute atomic E-state index is 10.9. The van der Waals surface area contributed by atoms with Crippen LogP contribution < -0.4 is 5.32 Å². The molecule has 0 aliphatic carbocycles. The van der Waals surface area contributed by atoms with Crippen molar-refractivity contribution in [2.45, 2.75) is 6.92 Å². The summed E-state index contributed by atoms with van der Waals surface area (Å²) in [4.78, 5) is 14.8. The van der Waals surface area contributed by atoms with Gasteiger partial charge in [-0.05, 0) is 18.6 Å². The van der Waals surface area contributed by atoms with Gasteiger partial charge >= 0.3 is 0 Å². The first kappa shape index (κ1) is 10.3. The Morgan fingerprint density at radius 3 is 3.00 bits per heavy atom. The Balaban J connectivity index is 2.87. The zero-order valence-electron chi connectivity index (χ0n) is 6.97. The second-order valence-corrected chi connectivity index (χ2v) is 3.16. The topological polar surface area (TPSA) is 42.0 Å². The van der Waals surface area contributed by atoms with Gasteiger partial charge in [0.15, 0.2) is 5.15 Å². The van der Waals surface area contributed by atoms with Crippen LogP contribution in [0, 0.1) is 6.92 Å². The molecule has 5 heteroatoms. The van der Waals surface area contributed by atoms with Gasteiger partial charge in [0.25, 0.3) is 0 Å². The van der Waals surface area contributed by atoms with Crippen molar-refractivity contribution < 1.29 is 4.79 Å². The van der Waals surface area contributed by atoms with Gasteiger partial charge in [-0.25, -0.2) is 4.98 Å². The third-order valence-corrected chi connectivity index (χ3v) is 1.92. The highest BCUT2D eigenvalue weighted by atomic mass is 35.5. The Morgan fingerprint density at radius 1 is 1.69 bits per heavy atom. The van der Waals surface area contributed by atoms with E-state index >= 15 is 0 Å². The minimum absolute atomic E-state index is 0.0930. The number of nitrogens with one attached hydrogen (secondary N) is 1. The molecule has 0 fully saturated rings. The number of hydrogen-bond acceptors (Lipinski definition) is 2. The first-order chi connectivity index (χ1) is 6.13. The summed E-state index contributed by atoms with van der Waals surface area (Å²) in [5.41, 5.74) is 1.42. The van der Waals surface area contributed by atoms with E-state index in [-0.39, 0.29) is 16.9 Å². The Morgan fingerprint density at radius 2 is 2.38 bits per heavy atom. The van der Waals surface area contributed by atoms with Crippen molar-refractivity contribution >= 4 is 34.8 Å². The number of hydrogen-bond donors (Lipinski definition) is 1. The summed E-state index contributed by atoms with van der Waals surface area (Å²) >= 11 is 11.0. The van der Waals surface area contributed by atoms with E-state index in [0.29, 0.717) is 5.69 Å². The van der Waals surface area contributed by atoms with Crippen LogP contribution in [0.2, 0.25) is 5.15 Å². The highest BCUT2D eigenvalue weighted by Gasteiger charge is 2.05. The van der Waals surface area contributed by atoms with E-state index in [9.17, 15) is 4.79 Å². The summed E-state index contributed by atoms with van der Waals surface area (Å²) in [7, 11) is 0. The molecule has 0 aromatic carbocycles. The van der Waals surface area contributed by atoms with Crippen LogP contribution in [-0.4, -0.2) is 16.8 Å². The molecule has 1 N–H and O–H groups in total. The van der Waals surface area contributed by atoms with Crippen LogP contribution in [0.25, 0.3) is 0 Å². The van der Waals surface area contributed by atoms with Crippen molar-refractivity contribution in [2.75, 3.05) is 11.2 Å². The summed E-state index contributed by atoms with van der Waals surface area (Å²) in [5.74, 6) is -0.388. The molecule has 0 bridgehead atoms. The van der Waals surface area contributed by atoms with Gasteiger partial charge < -0.3 is 5.32 Å². The summed E-state index contributed by atoms with van der Waals surface area (Å²) in [5, 5.41) is 2.80. The predicted molar refractivity (Wildman–Crippen MR) is 53.3 cm³/mol. The normalized spacial score (nSPS) is 9.77. The van der Waals surface area contributed by atoms with Crippen molar-refractivity contribution in [3.8, 4) is 0 Å². The lowest BCUT2D eigenvalue weighted by Crippen LogP contribution is -2.13. The number of halogens is 2. The number of anilines is 1. The number of carbonyl (C=O) groups excluding carboxylic acids is 1. The number of nitrogens with zero attached hydrogens (tertiary/aromatic N) is 1. The van der Waals surface area contributed by atoms with E-state index in [0.717, 1.165) is 5.56 Å². The van der Waals surface area contributed by atoms with Crippen molar-refractivity contribution in [3.05, 3.63) is 23.0 Å². The average molecular weight is 219 g/mol. The molecule has 0 atom stereocenters. The standard InChI is InChI=1S/C8H8Cl2N2O/c1-5-2-6(8(10)11-4-5)12-7(13)3-9/h2,4H,3H2,1H3,(H,12,13). The second kappa shape index (κ2) is 4.44. The molecule has 1 rings (SSSR count). The fraction of sp³-hybridized carbons (Fsp3) is 0.250. The van der Waals surface area contributed by atoms with Crippen LogP contribution in [-0.2, 0) is 4.79 Å². The van der Waals surface area contributed by atoms with Gasteiger partial charge in [-0.2, -0.15) is 0 Å². The lowest BCUT2D eigenvalue weighted by atomic mass is 10.3. The lowest BCUT2D eigenvalue weighted by molar-refractivity contribution is -0.113. The van der Waals surface area contributed by atoms with Gasteiger partial charge in [-0.3, -0.25) is 4.79 Å². The maximum Gasteiger partial charge on any atom is 0.239 e. The fourth-order valence-electron chi connectivity index (χ4n) is 0.824. The molecule has 70 valence electrons. The first-order valence-corrected chi connectivity index (χ1v) is 4.52. The number of rotatable bonds is 2. The van der Waals surface area contributed by atoms with Crippen molar-refractivity contribution in [2.24, 2.45) is 0 Å². The van der Waals surface area contributed by atoms with E-state index in [2.05, 4.69) is 10.3 Å². The fourth-order valence-corrected chi connectivity index (χ4v) is 1.04. The summed E-state index contributed by atoms with van der Waals surface area (Å²) < 4.78 is 0. The highest BCUT2D eigenvalue weighted by Crippen LogP contribution is 2.19. The molecule has 1 heterocycles. The van der Waals surface area contributed by atoms with Crippen molar-refractivity contribution in [3.63, 3.8) is 0 Å². The number of aryl methyl sites for hydroxylation is 1. The Kier molecular flexibility index (Phi) is 3.51. The number of pyridine rings is 1. The molecule has 0 radical (unpaired) electrons. The number of carbonyl (C=O) groups is 1. The molecule has 0 aliphatic rings. The van der Waals surface area contributed by atoms with E-state index in [1.807, 2.05) is 6.92 Å². The smallest absolute Gasteiger partial charge is 0.239 e. The minimum atomic E-state index is -0.295. The van der Waals surface area contributed by atoms with E-state index in [4.69, 9.17) is 23.2 Å². The average Bonchev–Trinajstić information content (AvgIpc) is 2.11. The van der Waals surface area contributed by atoms with E-state index in [1.54, 1.807) is 12.3 Å². The molecule has 1 aromatic heterocycles. The summed E-state index contributed by atoms with van der Waals surface area (Å²) in [6, 6.07) is 1.74. The van der Waals surface area contributed by atoms with Gasteiger partial charge in [0.2, 0.25) is 5.91 Å². The largest absolute Gasteiger partial charge is 0.322 e. The maximum atomic E-state index is 10.9. The monoisotopic (exact) mass is 218 g/mol. The molecule has 0 unspecified atom stereocenters. The predicted octanol–water partition coefficient (Wildman–Crippen LogP) is 2.22.